The largest absolute Gasteiger partial charge is 0.497 e. The minimum atomic E-state index is -0.632. The summed E-state index contributed by atoms with van der Waals surface area (Å²) in [6.07, 6.45) is 0.854. The molecule has 0 saturated carbocycles. The smallest absolute Gasteiger partial charge is 0.252 e. The number of benzene rings is 2. The average Bonchev–Trinajstić information content (AvgIpc) is 2.72. The summed E-state index contributed by atoms with van der Waals surface area (Å²) in [5, 5.41) is 3.16. The molecule has 0 aliphatic heterocycles. The molecule has 0 spiro atoms. The van der Waals surface area contributed by atoms with Crippen LogP contribution in [0.5, 0.6) is 11.5 Å². The summed E-state index contributed by atoms with van der Waals surface area (Å²) < 4.78 is 10.8. The summed E-state index contributed by atoms with van der Waals surface area (Å²) in [5.74, 6) is 0.828. The number of methoxy groups -OCH3 is 1. The van der Waals surface area contributed by atoms with E-state index in [4.69, 9.17) is 20.9 Å². The lowest BCUT2D eigenvalue weighted by Gasteiger charge is -2.12. The molecule has 0 atom stereocenters. The number of aromatic nitrogens is 3. The molecule has 0 aliphatic rings. The van der Waals surface area contributed by atoms with Crippen molar-refractivity contribution in [3.63, 3.8) is 0 Å². The van der Waals surface area contributed by atoms with Crippen LogP contribution in [0, 0.1) is 0 Å². The van der Waals surface area contributed by atoms with Crippen molar-refractivity contribution in [2.24, 2.45) is 5.73 Å². The lowest BCUT2D eigenvalue weighted by atomic mass is 10.1. The number of nitrogens with two attached hydrogens (primary N) is 2. The molecule has 150 valence electrons. The highest BCUT2D eigenvalue weighted by atomic mass is 16.5. The Hall–Kier alpha value is -3.88. The summed E-state index contributed by atoms with van der Waals surface area (Å²) in [7, 11) is 1.50. The van der Waals surface area contributed by atoms with Gasteiger partial charge in [0.2, 0.25) is 11.9 Å². The number of carbonyl (C=O) groups is 1. The van der Waals surface area contributed by atoms with Crippen LogP contribution in [0.4, 0.5) is 17.6 Å². The van der Waals surface area contributed by atoms with E-state index in [1.807, 2.05) is 24.3 Å². The van der Waals surface area contributed by atoms with Gasteiger partial charge in [0.1, 0.15) is 18.1 Å². The second kappa shape index (κ2) is 8.87. The monoisotopic (exact) mass is 394 g/mol. The fraction of sp³-hybridized carbons (Fsp3) is 0.200. The Kier molecular flexibility index (Phi) is 6.08. The normalized spacial score (nSPS) is 10.4. The molecule has 3 aromatic rings. The van der Waals surface area contributed by atoms with Crippen LogP contribution in [0.25, 0.3) is 0 Å². The second-order valence-electron chi connectivity index (χ2n) is 6.08. The number of nitrogen functional groups attached to an aromatic ring is 1. The quantitative estimate of drug-likeness (QED) is 0.529. The van der Waals surface area contributed by atoms with Crippen LogP contribution < -0.4 is 26.3 Å². The molecule has 0 aliphatic carbocycles. The van der Waals surface area contributed by atoms with Gasteiger partial charge in [-0.2, -0.15) is 15.0 Å². The van der Waals surface area contributed by atoms with Gasteiger partial charge in [0.25, 0.3) is 5.91 Å². The molecule has 1 heterocycles. The number of hydrogen-bond donors (Lipinski definition) is 3. The lowest BCUT2D eigenvalue weighted by molar-refractivity contribution is 0.0995. The van der Waals surface area contributed by atoms with E-state index in [0.29, 0.717) is 23.3 Å². The van der Waals surface area contributed by atoms with Crippen molar-refractivity contribution >= 4 is 23.5 Å². The van der Waals surface area contributed by atoms with Crippen LogP contribution in [0.3, 0.4) is 0 Å². The van der Waals surface area contributed by atoms with Crippen molar-refractivity contribution in [2.45, 2.75) is 20.0 Å². The van der Waals surface area contributed by atoms with E-state index in [2.05, 4.69) is 27.2 Å². The molecule has 0 saturated heterocycles. The summed E-state index contributed by atoms with van der Waals surface area (Å²) >= 11 is 0. The molecule has 9 heteroatoms. The van der Waals surface area contributed by atoms with Crippen molar-refractivity contribution in [3.8, 4) is 11.5 Å². The summed E-state index contributed by atoms with van der Waals surface area (Å²) in [5.41, 5.74) is 13.4. The standard InChI is InChI=1S/C20H22N6O3/c1-3-12-6-4-5-7-15(12)23-20-25-17(24-19(22)26-20)11-29-16-9-8-13(28-2)10-14(16)18(21)27/h4-10H,3,11H2,1-2H3,(H2,21,27)(H3,22,23,24,25,26). The number of aryl methyl sites for hydroxylation is 1. The van der Waals surface area contributed by atoms with Crippen LogP contribution in [-0.2, 0) is 13.0 Å². The molecule has 1 amide bonds. The van der Waals surface area contributed by atoms with Crippen LogP contribution in [0.15, 0.2) is 42.5 Å². The van der Waals surface area contributed by atoms with Gasteiger partial charge in [0, 0.05) is 5.69 Å². The molecule has 29 heavy (non-hydrogen) atoms. The number of hydrogen-bond acceptors (Lipinski definition) is 8. The van der Waals surface area contributed by atoms with Crippen LogP contribution >= 0.6 is 0 Å². The van der Waals surface area contributed by atoms with Crippen molar-refractivity contribution < 1.29 is 14.3 Å². The van der Waals surface area contributed by atoms with Gasteiger partial charge in [0.15, 0.2) is 5.82 Å². The number of amides is 1. The van der Waals surface area contributed by atoms with Crippen molar-refractivity contribution in [2.75, 3.05) is 18.2 Å². The number of rotatable bonds is 8. The first kappa shape index (κ1) is 19.9. The minimum Gasteiger partial charge on any atom is -0.497 e. The molecule has 0 bridgehead atoms. The number of ether oxygens (including phenoxy) is 2. The molecule has 2 aromatic carbocycles. The summed E-state index contributed by atoms with van der Waals surface area (Å²) in [6, 6.07) is 12.6. The Morgan fingerprint density at radius 3 is 2.66 bits per heavy atom. The SMILES string of the molecule is CCc1ccccc1Nc1nc(N)nc(COc2ccc(OC)cc2C(N)=O)n1. The highest BCUT2D eigenvalue weighted by Crippen LogP contribution is 2.25. The number of anilines is 3. The molecule has 3 rings (SSSR count). The van der Waals surface area contributed by atoms with Crippen molar-refractivity contribution in [3.05, 3.63) is 59.4 Å². The fourth-order valence-electron chi connectivity index (χ4n) is 2.73. The maximum absolute atomic E-state index is 11.7. The Bertz CT molecular complexity index is 1020. The predicted octanol–water partition coefficient (Wildman–Crippen LogP) is 2.45. The third-order valence-corrected chi connectivity index (χ3v) is 4.15. The number of para-hydroxylation sites is 1. The van der Waals surface area contributed by atoms with E-state index in [1.54, 1.807) is 12.1 Å². The van der Waals surface area contributed by atoms with Gasteiger partial charge in [-0.3, -0.25) is 4.79 Å². The van der Waals surface area contributed by atoms with Crippen molar-refractivity contribution in [1.29, 1.82) is 0 Å². The van der Waals surface area contributed by atoms with E-state index in [9.17, 15) is 4.79 Å². The van der Waals surface area contributed by atoms with E-state index >= 15 is 0 Å². The average molecular weight is 394 g/mol. The number of primary amides is 1. The van der Waals surface area contributed by atoms with Gasteiger partial charge in [-0.05, 0) is 36.2 Å². The Morgan fingerprint density at radius 2 is 1.93 bits per heavy atom. The van der Waals surface area contributed by atoms with Crippen LogP contribution in [-0.4, -0.2) is 28.0 Å². The highest BCUT2D eigenvalue weighted by molar-refractivity contribution is 5.96. The number of nitrogens with zero attached hydrogens (tertiary/aromatic N) is 3. The first-order valence-electron chi connectivity index (χ1n) is 8.96. The zero-order valence-electron chi connectivity index (χ0n) is 16.2. The zero-order valence-corrected chi connectivity index (χ0v) is 16.2. The van der Waals surface area contributed by atoms with Gasteiger partial charge in [-0.15, -0.1) is 0 Å². The predicted molar refractivity (Wildman–Crippen MR) is 109 cm³/mol. The molecule has 0 fully saturated rings. The summed E-state index contributed by atoms with van der Waals surface area (Å²) in [6.45, 7) is 2.04. The second-order valence-corrected chi connectivity index (χ2v) is 6.08. The summed E-state index contributed by atoms with van der Waals surface area (Å²) in [4.78, 5) is 24.3. The molecule has 0 unspecified atom stereocenters. The van der Waals surface area contributed by atoms with Crippen LogP contribution in [0.1, 0.15) is 28.7 Å². The molecular weight excluding hydrogens is 372 g/mol. The maximum atomic E-state index is 11.7. The van der Waals surface area contributed by atoms with Gasteiger partial charge >= 0.3 is 0 Å². The molecule has 9 nitrogen and oxygen atoms in total. The van der Waals surface area contributed by atoms with E-state index < -0.39 is 5.91 Å². The van der Waals surface area contributed by atoms with Gasteiger partial charge < -0.3 is 26.3 Å². The fourth-order valence-corrected chi connectivity index (χ4v) is 2.73. The van der Waals surface area contributed by atoms with Gasteiger partial charge in [0.05, 0.1) is 12.7 Å². The van der Waals surface area contributed by atoms with E-state index in [0.717, 1.165) is 17.7 Å². The third-order valence-electron chi connectivity index (χ3n) is 4.15. The zero-order chi connectivity index (χ0) is 20.8. The lowest BCUT2D eigenvalue weighted by Crippen LogP contribution is -2.14. The van der Waals surface area contributed by atoms with Gasteiger partial charge in [-0.25, -0.2) is 0 Å². The molecule has 1 aromatic heterocycles. The van der Waals surface area contributed by atoms with Gasteiger partial charge in [-0.1, -0.05) is 25.1 Å². The van der Waals surface area contributed by atoms with E-state index in [1.165, 1.54) is 13.2 Å². The number of nitrogens with one attached hydrogen (secondary N) is 1. The first-order chi connectivity index (χ1) is 14.0. The molecule has 5 N–H and O–H groups in total. The Morgan fingerprint density at radius 1 is 1.14 bits per heavy atom. The van der Waals surface area contributed by atoms with E-state index in [-0.39, 0.29) is 18.1 Å². The molecule has 0 radical (unpaired) electrons. The highest BCUT2D eigenvalue weighted by Gasteiger charge is 2.13. The number of carbonyl (C=O) groups excluding carboxylic acids is 1. The Labute approximate surface area is 168 Å². The molecular formula is C20H22N6O3. The third kappa shape index (κ3) is 4.89. The minimum absolute atomic E-state index is 0.0244. The Balaban J connectivity index is 1.80. The van der Waals surface area contributed by atoms with Crippen molar-refractivity contribution in [1.82, 2.24) is 15.0 Å². The maximum Gasteiger partial charge on any atom is 0.252 e. The topological polar surface area (TPSA) is 138 Å². The first-order valence-corrected chi connectivity index (χ1v) is 8.96. The van der Waals surface area contributed by atoms with Crippen LogP contribution in [0.2, 0.25) is 0 Å².